The van der Waals surface area contributed by atoms with Crippen LogP contribution >= 0.6 is 11.3 Å². The summed E-state index contributed by atoms with van der Waals surface area (Å²) in [6.07, 6.45) is 0. The standard InChI is InChI=1S/C18H20N4O4S2/c1-3-22(4-2)28(24,25)15-7-5-13(6-8-15)18(23)19-11-16-20-17(21-26-16)14-9-10-27-12-14/h5-10,12H,3-4,11H2,1-2H3,(H,19,23). The number of sulfonamides is 1. The molecule has 28 heavy (non-hydrogen) atoms. The molecule has 0 aliphatic carbocycles. The summed E-state index contributed by atoms with van der Waals surface area (Å²) in [5, 5.41) is 10.4. The predicted molar refractivity (Wildman–Crippen MR) is 105 cm³/mol. The largest absolute Gasteiger partial charge is 0.343 e. The molecule has 0 aliphatic heterocycles. The summed E-state index contributed by atoms with van der Waals surface area (Å²) < 4.78 is 31.5. The summed E-state index contributed by atoms with van der Waals surface area (Å²) >= 11 is 1.53. The molecule has 0 aliphatic rings. The molecule has 0 saturated carbocycles. The SMILES string of the molecule is CCN(CC)S(=O)(=O)c1ccc(C(=O)NCc2nc(-c3ccsc3)no2)cc1. The molecule has 1 amide bonds. The van der Waals surface area contributed by atoms with Gasteiger partial charge >= 0.3 is 0 Å². The van der Waals surface area contributed by atoms with Crippen LogP contribution in [0.25, 0.3) is 11.4 Å². The maximum Gasteiger partial charge on any atom is 0.251 e. The van der Waals surface area contributed by atoms with Gasteiger partial charge in [0.1, 0.15) is 0 Å². The smallest absolute Gasteiger partial charge is 0.251 e. The van der Waals surface area contributed by atoms with Crippen LogP contribution in [0.2, 0.25) is 0 Å². The van der Waals surface area contributed by atoms with Crippen molar-refractivity contribution < 1.29 is 17.7 Å². The molecule has 0 saturated heterocycles. The molecular weight excluding hydrogens is 400 g/mol. The normalized spacial score (nSPS) is 11.7. The van der Waals surface area contributed by atoms with Crippen molar-refractivity contribution in [1.82, 2.24) is 19.8 Å². The first-order chi connectivity index (χ1) is 13.5. The number of benzene rings is 1. The monoisotopic (exact) mass is 420 g/mol. The number of thiophene rings is 1. The highest BCUT2D eigenvalue weighted by molar-refractivity contribution is 7.89. The van der Waals surface area contributed by atoms with Crippen molar-refractivity contribution in [2.75, 3.05) is 13.1 Å². The molecule has 8 nitrogen and oxygen atoms in total. The van der Waals surface area contributed by atoms with E-state index < -0.39 is 10.0 Å². The second-order valence-corrected chi connectivity index (χ2v) is 8.54. The number of amides is 1. The molecule has 0 radical (unpaired) electrons. The number of hydrogen-bond acceptors (Lipinski definition) is 7. The molecular formula is C18H20N4O4S2. The number of hydrogen-bond donors (Lipinski definition) is 1. The topological polar surface area (TPSA) is 105 Å². The van der Waals surface area contributed by atoms with Crippen molar-refractivity contribution in [3.05, 3.63) is 52.5 Å². The highest BCUT2D eigenvalue weighted by Gasteiger charge is 2.21. The van der Waals surface area contributed by atoms with E-state index in [1.165, 1.54) is 39.9 Å². The minimum Gasteiger partial charge on any atom is -0.343 e. The molecule has 2 heterocycles. The highest BCUT2D eigenvalue weighted by atomic mass is 32.2. The van der Waals surface area contributed by atoms with Gasteiger partial charge in [0.05, 0.1) is 11.4 Å². The Hall–Kier alpha value is -2.56. The van der Waals surface area contributed by atoms with Gasteiger partial charge in [-0.25, -0.2) is 8.42 Å². The van der Waals surface area contributed by atoms with E-state index in [1.807, 2.05) is 16.8 Å². The Morgan fingerprint density at radius 2 is 1.89 bits per heavy atom. The lowest BCUT2D eigenvalue weighted by atomic mass is 10.2. The van der Waals surface area contributed by atoms with Gasteiger partial charge in [0, 0.05) is 29.6 Å². The van der Waals surface area contributed by atoms with E-state index in [9.17, 15) is 13.2 Å². The number of carbonyl (C=O) groups excluding carboxylic acids is 1. The molecule has 0 bridgehead atoms. The van der Waals surface area contributed by atoms with Crippen molar-refractivity contribution in [2.45, 2.75) is 25.3 Å². The van der Waals surface area contributed by atoms with Gasteiger partial charge in [-0.15, -0.1) is 0 Å². The minimum absolute atomic E-state index is 0.0788. The zero-order valence-corrected chi connectivity index (χ0v) is 17.1. The van der Waals surface area contributed by atoms with Crippen LogP contribution in [0.5, 0.6) is 0 Å². The van der Waals surface area contributed by atoms with Crippen LogP contribution in [0.15, 0.2) is 50.5 Å². The van der Waals surface area contributed by atoms with E-state index in [0.29, 0.717) is 24.5 Å². The summed E-state index contributed by atoms with van der Waals surface area (Å²) in [6.45, 7) is 4.42. The van der Waals surface area contributed by atoms with Crippen LogP contribution in [0.4, 0.5) is 0 Å². The molecule has 0 atom stereocenters. The summed E-state index contributed by atoms with van der Waals surface area (Å²) in [5.41, 5.74) is 1.20. The Bertz CT molecular complexity index is 1020. The van der Waals surface area contributed by atoms with Crippen LogP contribution in [0.1, 0.15) is 30.1 Å². The average molecular weight is 421 g/mol. The first-order valence-electron chi connectivity index (χ1n) is 8.69. The number of nitrogens with one attached hydrogen (secondary N) is 1. The van der Waals surface area contributed by atoms with E-state index >= 15 is 0 Å². The molecule has 0 fully saturated rings. The lowest BCUT2D eigenvalue weighted by molar-refractivity contribution is 0.0946. The fourth-order valence-electron chi connectivity index (χ4n) is 2.58. The second-order valence-electron chi connectivity index (χ2n) is 5.82. The quantitative estimate of drug-likeness (QED) is 0.601. The maximum atomic E-state index is 12.5. The molecule has 1 N–H and O–H groups in total. The summed E-state index contributed by atoms with van der Waals surface area (Å²) in [5.74, 6) is 0.397. The molecule has 0 unspecified atom stereocenters. The molecule has 2 aromatic heterocycles. The van der Waals surface area contributed by atoms with E-state index in [2.05, 4.69) is 15.5 Å². The summed E-state index contributed by atoms with van der Waals surface area (Å²) in [7, 11) is -3.55. The Morgan fingerprint density at radius 1 is 1.18 bits per heavy atom. The zero-order valence-electron chi connectivity index (χ0n) is 15.5. The summed E-state index contributed by atoms with van der Waals surface area (Å²) in [4.78, 5) is 16.7. The van der Waals surface area contributed by atoms with Gasteiger partial charge in [-0.3, -0.25) is 4.79 Å². The molecule has 148 valence electrons. The Labute approximate surface area is 167 Å². The number of carbonyl (C=O) groups is 1. The van der Waals surface area contributed by atoms with Crippen LogP contribution in [-0.4, -0.2) is 41.9 Å². The van der Waals surface area contributed by atoms with Crippen molar-refractivity contribution in [1.29, 1.82) is 0 Å². The van der Waals surface area contributed by atoms with E-state index in [-0.39, 0.29) is 23.2 Å². The molecule has 3 aromatic rings. The Morgan fingerprint density at radius 3 is 2.50 bits per heavy atom. The highest BCUT2D eigenvalue weighted by Crippen LogP contribution is 2.19. The van der Waals surface area contributed by atoms with Gasteiger partial charge in [0.2, 0.25) is 21.7 Å². The van der Waals surface area contributed by atoms with Crippen LogP contribution < -0.4 is 5.32 Å². The third-order valence-corrected chi connectivity index (χ3v) is 6.85. The van der Waals surface area contributed by atoms with Gasteiger partial charge in [0.15, 0.2) is 0 Å². The Kier molecular flexibility index (Phi) is 6.22. The minimum atomic E-state index is -3.55. The Balaban J connectivity index is 1.64. The second kappa shape index (κ2) is 8.63. The van der Waals surface area contributed by atoms with Crippen molar-refractivity contribution >= 4 is 27.3 Å². The fourth-order valence-corrected chi connectivity index (χ4v) is 4.68. The van der Waals surface area contributed by atoms with E-state index in [1.54, 1.807) is 13.8 Å². The van der Waals surface area contributed by atoms with Gasteiger partial charge < -0.3 is 9.84 Å². The first-order valence-corrected chi connectivity index (χ1v) is 11.1. The third kappa shape index (κ3) is 4.29. The zero-order chi connectivity index (χ0) is 20.1. The lowest BCUT2D eigenvalue weighted by Gasteiger charge is -2.18. The van der Waals surface area contributed by atoms with Crippen molar-refractivity contribution in [2.24, 2.45) is 0 Å². The fraction of sp³-hybridized carbons (Fsp3) is 0.278. The maximum absolute atomic E-state index is 12.5. The van der Waals surface area contributed by atoms with Gasteiger partial charge in [0.25, 0.3) is 5.91 Å². The first kappa shape index (κ1) is 20.2. The molecule has 10 heteroatoms. The van der Waals surface area contributed by atoms with Crippen molar-refractivity contribution in [3.8, 4) is 11.4 Å². The van der Waals surface area contributed by atoms with Crippen molar-refractivity contribution in [3.63, 3.8) is 0 Å². The number of rotatable bonds is 8. The van der Waals surface area contributed by atoms with E-state index in [0.717, 1.165) is 5.56 Å². The number of nitrogens with zero attached hydrogens (tertiary/aromatic N) is 3. The van der Waals surface area contributed by atoms with Gasteiger partial charge in [-0.2, -0.15) is 20.6 Å². The van der Waals surface area contributed by atoms with Crippen LogP contribution in [0.3, 0.4) is 0 Å². The molecule has 1 aromatic carbocycles. The van der Waals surface area contributed by atoms with Gasteiger partial charge in [-0.1, -0.05) is 19.0 Å². The van der Waals surface area contributed by atoms with Crippen LogP contribution in [-0.2, 0) is 16.6 Å². The molecule has 3 rings (SSSR count). The lowest BCUT2D eigenvalue weighted by Crippen LogP contribution is -2.30. The third-order valence-electron chi connectivity index (χ3n) is 4.11. The van der Waals surface area contributed by atoms with Crippen LogP contribution in [0, 0.1) is 0 Å². The number of aromatic nitrogens is 2. The average Bonchev–Trinajstić information content (AvgIpc) is 3.38. The predicted octanol–water partition coefficient (Wildman–Crippen LogP) is 2.76. The van der Waals surface area contributed by atoms with E-state index in [4.69, 9.17) is 4.52 Å². The summed E-state index contributed by atoms with van der Waals surface area (Å²) in [6, 6.07) is 7.71. The van der Waals surface area contributed by atoms with Gasteiger partial charge in [-0.05, 0) is 35.7 Å². The molecule has 0 spiro atoms.